The number of amides is 3. The average Bonchev–Trinajstić information content (AvgIpc) is 1.61. The van der Waals surface area contributed by atoms with Crippen LogP contribution >= 0.6 is 46.4 Å². The van der Waals surface area contributed by atoms with Crippen LogP contribution in [0.2, 0.25) is 33.4 Å². The second kappa shape index (κ2) is 49.7. The van der Waals surface area contributed by atoms with Crippen molar-refractivity contribution < 1.29 is 37.0 Å². The van der Waals surface area contributed by atoms with Gasteiger partial charge in [-0.15, -0.1) is 0 Å². The van der Waals surface area contributed by atoms with Crippen molar-refractivity contribution >= 4 is 128 Å². The van der Waals surface area contributed by atoms with E-state index < -0.39 is 45.2 Å². The molecule has 7 heterocycles. The van der Waals surface area contributed by atoms with Crippen molar-refractivity contribution in [2.75, 3.05) is 128 Å². The van der Waals surface area contributed by atoms with Gasteiger partial charge in [0.1, 0.15) is 28.7 Å². The summed E-state index contributed by atoms with van der Waals surface area (Å²) in [6, 6.07) is 36.5. The summed E-state index contributed by atoms with van der Waals surface area (Å²) in [5.41, 5.74) is 28.3. The molecular formula is C92H140Cl4N18O8SSn. The maximum Gasteiger partial charge on any atom is 0.410 e. The number of anilines is 6. The molecule has 4 aromatic carbocycles. The fraction of sp³-hybridized carbons (Fsp3) is 0.576. The van der Waals surface area contributed by atoms with E-state index in [1.54, 1.807) is 4.90 Å². The first-order valence-corrected chi connectivity index (χ1v) is 55.5. The summed E-state index contributed by atoms with van der Waals surface area (Å²) in [6.45, 7) is 38.3. The summed E-state index contributed by atoms with van der Waals surface area (Å²) in [4.78, 5) is 75.8. The third kappa shape index (κ3) is 33.9. The number of sulfonamides is 1. The van der Waals surface area contributed by atoms with E-state index in [1.807, 2.05) is 196 Å². The topological polar surface area (TPSA) is 329 Å². The predicted octanol–water partition coefficient (Wildman–Crippen LogP) is 19.8. The summed E-state index contributed by atoms with van der Waals surface area (Å²) in [7, 11) is -3.32. The molecule has 9 N–H and O–H groups in total. The fourth-order valence-electron chi connectivity index (χ4n) is 15.9. The molecule has 26 nitrogen and oxygen atoms in total. The zero-order chi connectivity index (χ0) is 91.1. The van der Waals surface area contributed by atoms with E-state index in [-0.39, 0.29) is 54.2 Å². The molecule has 0 spiro atoms. The number of ether oxygens (including phenoxy) is 3. The number of nitrogens with two attached hydrogens (primary N) is 4. The van der Waals surface area contributed by atoms with Gasteiger partial charge in [-0.1, -0.05) is 126 Å². The number of aryl methyl sites for hydroxylation is 3. The number of halogens is 4. The Balaban J connectivity index is 0.000000214. The van der Waals surface area contributed by atoms with Crippen molar-refractivity contribution in [3.8, 4) is 0 Å². The van der Waals surface area contributed by atoms with Crippen LogP contribution in [0.15, 0.2) is 115 Å². The minimum absolute atomic E-state index is 0.128. The van der Waals surface area contributed by atoms with E-state index in [4.69, 9.17) is 83.5 Å². The molecule has 0 bridgehead atoms. The number of carbonyl (C=O) groups excluding carboxylic acids is 3. The van der Waals surface area contributed by atoms with E-state index in [1.165, 1.54) is 62.4 Å². The Hall–Kier alpha value is -7.48. The van der Waals surface area contributed by atoms with Gasteiger partial charge >= 0.3 is 180 Å². The Morgan fingerprint density at radius 2 is 0.871 bits per heavy atom. The number of nitrogens with zero attached hydrogens (tertiary/aromatic N) is 13. The quantitative estimate of drug-likeness (QED) is 0.0311. The van der Waals surface area contributed by atoms with Crippen molar-refractivity contribution in [1.82, 2.24) is 54.2 Å². The van der Waals surface area contributed by atoms with Crippen LogP contribution in [-0.2, 0) is 24.2 Å². The minimum atomic E-state index is -3.32. The predicted molar refractivity (Wildman–Crippen MR) is 511 cm³/mol. The van der Waals surface area contributed by atoms with E-state index in [0.29, 0.717) is 80.6 Å². The van der Waals surface area contributed by atoms with Gasteiger partial charge in [-0.3, -0.25) is 0 Å². The molecule has 11 rings (SSSR count). The fourth-order valence-corrected chi connectivity index (χ4v) is 33.9. The molecule has 32 heteroatoms. The summed E-state index contributed by atoms with van der Waals surface area (Å²) in [5, 5.41) is 6.28. The van der Waals surface area contributed by atoms with Gasteiger partial charge in [-0.25, -0.2) is 33.0 Å². The molecular weight excluding hydrogens is 1780 g/mol. The van der Waals surface area contributed by atoms with Gasteiger partial charge in [0.2, 0.25) is 27.9 Å². The Kier molecular flexibility index (Phi) is 41.6. The van der Waals surface area contributed by atoms with Crippen molar-refractivity contribution in [2.24, 2.45) is 5.73 Å². The number of nitrogens with one attached hydrogen (secondary N) is 1. The molecule has 4 aliphatic rings. The second-order valence-corrected chi connectivity index (χ2v) is 53.0. The monoisotopic (exact) mass is 1920 g/mol. The molecule has 3 amide bonds. The largest absolute Gasteiger partial charge is 0.444 e. The van der Waals surface area contributed by atoms with Crippen LogP contribution in [0.3, 0.4) is 0 Å². The molecule has 4 unspecified atom stereocenters. The smallest absolute Gasteiger partial charge is 0.410 e. The maximum absolute atomic E-state index is 12.9. The van der Waals surface area contributed by atoms with Crippen LogP contribution in [0.1, 0.15) is 230 Å². The molecule has 684 valence electrons. The number of carbonyl (C=O) groups is 3. The van der Waals surface area contributed by atoms with Gasteiger partial charge in [0.15, 0.2) is 0 Å². The Bertz CT molecular complexity index is 4540. The van der Waals surface area contributed by atoms with Crippen molar-refractivity contribution in [2.45, 2.75) is 241 Å². The number of nitrogen functional groups attached to an aromatic ring is 3. The van der Waals surface area contributed by atoms with Crippen molar-refractivity contribution in [1.29, 1.82) is 0 Å². The van der Waals surface area contributed by atoms with Crippen LogP contribution in [-0.4, -0.2) is 207 Å². The standard InChI is InChI=1S/C21H28ClN5O2.C17H22ClN5O2S.C17H24ClNO2.C16H20ClN5.C9H19N2O2.3C4H9.Sn/c1-14-12-18(25-19(23)24-14)27-11-7-10-26(20(28)29-21(2,3)4)13-17(27)15-8-5-6-9-16(15)22;1-12-10-16(21-17(19)20-12)23-9-5-8-22(26(2,24)25)11-15(23)13-6-3-4-7-14(13)18;1-17(2,3)21-16(20)19-11-7-6-8-13(12-19)14-9-4-5-10-15(14)18;1-11-9-15(21-16(18)20-11)22-8-4-7-19-10-14(22)12-5-2-3-6-13(12)17;1-9(2,3)13-8(12)11(4)7-5-6-10;3*1-3-4-2;/h5-6,8-9,12,17H,7,10-11,13H2,1-4H3,(H2,23,24,25);3-4,6-7,10,15H,5,8-9,11H2,1-2H3,(H2,19,20,21);4-5,9-10,13H,6-8,11-12H2,1-3H3;2-3,5-6,9,14,19H,4,7-8,10H2,1H3,(H2,18,20,21);4-7,10H2,1-3H3;3*1,3-4H2,2H3;. The zero-order valence-electron chi connectivity index (χ0n) is 76.3. The Morgan fingerprint density at radius 1 is 0.492 bits per heavy atom. The summed E-state index contributed by atoms with van der Waals surface area (Å²) >= 11 is 23.3. The molecule has 7 aromatic rings. The number of rotatable bonds is 22. The van der Waals surface area contributed by atoms with Gasteiger partial charge in [0.05, 0.1) is 24.4 Å². The van der Waals surface area contributed by atoms with Gasteiger partial charge < -0.3 is 56.5 Å². The van der Waals surface area contributed by atoms with Crippen LogP contribution in [0.5, 0.6) is 0 Å². The number of hydrogen-bond donors (Lipinski definition) is 5. The minimum Gasteiger partial charge on any atom is -0.444 e. The first-order chi connectivity index (χ1) is 58.6. The molecule has 3 aromatic heterocycles. The number of unbranched alkanes of at least 4 members (excludes halogenated alkanes) is 3. The molecule has 0 radical (unpaired) electrons. The van der Waals surface area contributed by atoms with Gasteiger partial charge in [0.25, 0.3) is 0 Å². The molecule has 4 fully saturated rings. The van der Waals surface area contributed by atoms with Crippen LogP contribution in [0, 0.1) is 20.8 Å². The van der Waals surface area contributed by atoms with Gasteiger partial charge in [-0.05, 0) is 147 Å². The molecule has 0 aliphatic carbocycles. The average molecular weight is 1920 g/mol. The summed E-state index contributed by atoms with van der Waals surface area (Å²) in [6.07, 6.45) is 14.8. The molecule has 4 saturated heterocycles. The third-order valence-corrected chi connectivity index (χ3v) is 39.4. The number of likely N-dealkylation sites (tertiary alicyclic amines) is 1. The van der Waals surface area contributed by atoms with E-state index in [2.05, 4.69) is 82.8 Å². The molecule has 0 saturated carbocycles. The summed E-state index contributed by atoms with van der Waals surface area (Å²) in [5.74, 6) is 3.28. The normalized spacial score (nSPS) is 17.5. The zero-order valence-corrected chi connectivity index (χ0v) is 83.0. The first kappa shape index (κ1) is 104. The van der Waals surface area contributed by atoms with Gasteiger partial charge in [0, 0.05) is 127 Å². The van der Waals surface area contributed by atoms with E-state index in [0.717, 1.165) is 137 Å². The van der Waals surface area contributed by atoms with Crippen LogP contribution in [0.4, 0.5) is 49.7 Å². The van der Waals surface area contributed by atoms with E-state index in [9.17, 15) is 22.8 Å². The first-order valence-electron chi connectivity index (χ1n) is 44.0. The summed E-state index contributed by atoms with van der Waals surface area (Å²) < 4.78 is 48.0. The molecule has 4 aliphatic heterocycles. The molecule has 124 heavy (non-hydrogen) atoms. The van der Waals surface area contributed by atoms with Crippen molar-refractivity contribution in [3.05, 3.63) is 175 Å². The molecule has 4 atom stereocenters. The SMILES string of the molecule is CC(C)(C)OC(=O)N1CCCCC(c2ccccc2Cl)C1.CCC[CH2][Sn]([CH2]CCC)([CH2]CCC)[CH2]N(CCCN)C(=O)OC(C)(C)C.Cc1cc(N2CCCN(C(=O)OC(C)(C)C)CC2c2ccccc2Cl)nc(N)n1.Cc1cc(N2CCCN(S(C)(=O)=O)CC2c2ccccc2Cl)nc(N)n1.Cc1cc(N2CCCNCC2c2ccccc2Cl)nc(N)n1. The number of benzene rings is 4. The third-order valence-electron chi connectivity index (χ3n) is 21.7. The van der Waals surface area contributed by atoms with Crippen molar-refractivity contribution in [3.63, 3.8) is 0 Å². The Morgan fingerprint density at radius 3 is 1.27 bits per heavy atom. The van der Waals surface area contributed by atoms with Gasteiger partial charge in [-0.2, -0.15) is 19.3 Å². The Labute approximate surface area is 763 Å². The van der Waals surface area contributed by atoms with Crippen LogP contribution in [0.25, 0.3) is 0 Å². The number of hydrogen-bond acceptors (Lipinski definition) is 22. The van der Waals surface area contributed by atoms with E-state index >= 15 is 0 Å². The number of aromatic nitrogens is 6. The maximum atomic E-state index is 12.9. The second-order valence-electron chi connectivity index (χ2n) is 35.7. The van der Waals surface area contributed by atoms with Crippen LogP contribution < -0.4 is 43.0 Å².